The normalized spacial score (nSPS) is 14.2. The third-order valence-corrected chi connectivity index (χ3v) is 4.83. The number of benzene rings is 1. The van der Waals surface area contributed by atoms with Crippen molar-refractivity contribution in [3.8, 4) is 0 Å². The Hall–Kier alpha value is -1.60. The van der Waals surface area contributed by atoms with Gasteiger partial charge in [-0.15, -0.1) is 0 Å². The topological polar surface area (TPSA) is 75.7 Å². The molecule has 1 N–H and O–H groups in total. The maximum Gasteiger partial charge on any atom is 0.251 e. The number of carbonyl (C=O) groups excluding carboxylic acids is 1. The maximum atomic E-state index is 12.1. The number of nitrogens with one attached hydrogen (secondary N) is 1. The number of fused-ring (bicyclic) bond motifs is 1. The molecule has 1 aliphatic rings. The lowest BCUT2D eigenvalue weighted by molar-refractivity contribution is 0.0757. The van der Waals surface area contributed by atoms with Gasteiger partial charge in [-0.25, -0.2) is 8.42 Å². The third-order valence-electron chi connectivity index (χ3n) is 3.65. The van der Waals surface area contributed by atoms with Crippen LogP contribution in [0.2, 0.25) is 0 Å². The molecule has 7 heteroatoms. The zero-order valence-electron chi connectivity index (χ0n) is 13.8. The van der Waals surface area contributed by atoms with Gasteiger partial charge in [-0.2, -0.15) is 0 Å². The van der Waals surface area contributed by atoms with Gasteiger partial charge in [-0.3, -0.25) is 9.10 Å². The number of nitrogens with zero attached hydrogens (tertiary/aromatic N) is 1. The molecular weight excluding hydrogens is 316 g/mol. The highest BCUT2D eigenvalue weighted by molar-refractivity contribution is 7.92. The molecule has 0 atom stereocenters. The van der Waals surface area contributed by atoms with E-state index in [1.807, 2.05) is 13.8 Å². The largest absolute Gasteiger partial charge is 0.379 e. The average molecular weight is 340 g/mol. The smallest absolute Gasteiger partial charge is 0.251 e. The van der Waals surface area contributed by atoms with E-state index in [-0.39, 0.29) is 12.0 Å². The van der Waals surface area contributed by atoms with Crippen molar-refractivity contribution in [3.63, 3.8) is 0 Å². The first-order valence-corrected chi connectivity index (χ1v) is 9.64. The monoisotopic (exact) mass is 340 g/mol. The summed E-state index contributed by atoms with van der Waals surface area (Å²) in [5.41, 5.74) is 2.13. The molecule has 0 aromatic heterocycles. The molecule has 0 aliphatic carbocycles. The van der Waals surface area contributed by atoms with Crippen LogP contribution in [0.5, 0.6) is 0 Å². The summed E-state index contributed by atoms with van der Waals surface area (Å²) in [7, 11) is -3.26. The first-order chi connectivity index (χ1) is 10.8. The van der Waals surface area contributed by atoms with E-state index in [0.717, 1.165) is 12.0 Å². The molecular formula is C16H24N2O4S. The second kappa shape index (κ2) is 7.31. The van der Waals surface area contributed by atoms with Crippen LogP contribution in [0.3, 0.4) is 0 Å². The standard InChI is InChI=1S/C16H24N2O4S/c1-12(2)22-10-4-8-17-16(19)14-5-6-15-13(11-14)7-9-18(15)23(3,20)21/h5-6,11-12H,4,7-10H2,1-3H3,(H,17,19). The van der Waals surface area contributed by atoms with Gasteiger partial charge in [-0.1, -0.05) is 0 Å². The third kappa shape index (κ3) is 4.68. The number of hydrogen-bond acceptors (Lipinski definition) is 4. The first kappa shape index (κ1) is 17.7. The number of carbonyl (C=O) groups is 1. The van der Waals surface area contributed by atoms with Crippen LogP contribution in [0.15, 0.2) is 18.2 Å². The molecule has 1 aromatic carbocycles. The molecule has 1 aliphatic heterocycles. The lowest BCUT2D eigenvalue weighted by atomic mass is 10.1. The van der Waals surface area contributed by atoms with Gasteiger partial charge in [0.05, 0.1) is 18.0 Å². The Morgan fingerprint density at radius 3 is 2.78 bits per heavy atom. The molecule has 0 saturated heterocycles. The highest BCUT2D eigenvalue weighted by atomic mass is 32.2. The molecule has 1 heterocycles. The Morgan fingerprint density at radius 2 is 2.13 bits per heavy atom. The highest BCUT2D eigenvalue weighted by Crippen LogP contribution is 2.30. The highest BCUT2D eigenvalue weighted by Gasteiger charge is 2.26. The zero-order valence-corrected chi connectivity index (χ0v) is 14.6. The van der Waals surface area contributed by atoms with Gasteiger partial charge in [0.25, 0.3) is 5.91 Å². The molecule has 1 amide bonds. The molecule has 0 spiro atoms. The summed E-state index contributed by atoms with van der Waals surface area (Å²) in [6.07, 6.45) is 2.78. The quantitative estimate of drug-likeness (QED) is 0.764. The zero-order chi connectivity index (χ0) is 17.0. The van der Waals surface area contributed by atoms with Gasteiger partial charge in [0, 0.05) is 25.3 Å². The van der Waals surface area contributed by atoms with Crippen molar-refractivity contribution in [2.75, 3.05) is 30.3 Å². The number of sulfonamides is 1. The van der Waals surface area contributed by atoms with Crippen LogP contribution in [0, 0.1) is 0 Å². The Labute approximate surface area is 137 Å². The lowest BCUT2D eigenvalue weighted by Gasteiger charge is -2.16. The molecule has 0 saturated carbocycles. The maximum absolute atomic E-state index is 12.1. The average Bonchev–Trinajstić information content (AvgIpc) is 2.89. The lowest BCUT2D eigenvalue weighted by Crippen LogP contribution is -2.27. The Morgan fingerprint density at radius 1 is 1.39 bits per heavy atom. The van der Waals surface area contributed by atoms with Crippen LogP contribution < -0.4 is 9.62 Å². The summed E-state index contributed by atoms with van der Waals surface area (Å²) >= 11 is 0. The SMILES string of the molecule is CC(C)OCCCNC(=O)c1ccc2c(c1)CCN2S(C)(=O)=O. The summed E-state index contributed by atoms with van der Waals surface area (Å²) in [6.45, 7) is 5.56. The van der Waals surface area contributed by atoms with E-state index in [2.05, 4.69) is 5.32 Å². The van der Waals surface area contributed by atoms with Crippen molar-refractivity contribution in [2.45, 2.75) is 32.8 Å². The van der Waals surface area contributed by atoms with E-state index in [9.17, 15) is 13.2 Å². The van der Waals surface area contributed by atoms with Crippen LogP contribution >= 0.6 is 0 Å². The fourth-order valence-corrected chi connectivity index (χ4v) is 3.51. The van der Waals surface area contributed by atoms with Crippen molar-refractivity contribution in [3.05, 3.63) is 29.3 Å². The van der Waals surface area contributed by atoms with Crippen molar-refractivity contribution >= 4 is 21.6 Å². The van der Waals surface area contributed by atoms with Gasteiger partial charge < -0.3 is 10.1 Å². The number of hydrogen-bond donors (Lipinski definition) is 1. The molecule has 1 aromatic rings. The fraction of sp³-hybridized carbons (Fsp3) is 0.562. The number of ether oxygens (including phenoxy) is 1. The van der Waals surface area contributed by atoms with Crippen LogP contribution in [0.4, 0.5) is 5.69 Å². The minimum Gasteiger partial charge on any atom is -0.379 e. The molecule has 0 unspecified atom stereocenters. The van der Waals surface area contributed by atoms with E-state index >= 15 is 0 Å². The van der Waals surface area contributed by atoms with Crippen LogP contribution in [0.1, 0.15) is 36.2 Å². The second-order valence-electron chi connectivity index (χ2n) is 5.96. The summed E-state index contributed by atoms with van der Waals surface area (Å²) in [4.78, 5) is 12.1. The molecule has 0 fully saturated rings. The Kier molecular flexibility index (Phi) is 5.64. The predicted octanol–water partition coefficient (Wildman–Crippen LogP) is 1.55. The van der Waals surface area contributed by atoms with Gasteiger partial charge in [0.1, 0.15) is 0 Å². The molecule has 6 nitrogen and oxygen atoms in total. The predicted molar refractivity (Wildman–Crippen MR) is 90.4 cm³/mol. The Balaban J connectivity index is 1.94. The van der Waals surface area contributed by atoms with E-state index < -0.39 is 10.0 Å². The fourth-order valence-electron chi connectivity index (χ4n) is 2.55. The first-order valence-electron chi connectivity index (χ1n) is 7.79. The van der Waals surface area contributed by atoms with Gasteiger partial charge >= 0.3 is 0 Å². The van der Waals surface area contributed by atoms with E-state index in [0.29, 0.717) is 37.4 Å². The van der Waals surface area contributed by atoms with Crippen LogP contribution in [-0.2, 0) is 21.2 Å². The molecule has 128 valence electrons. The van der Waals surface area contributed by atoms with Gasteiger partial charge in [0.15, 0.2) is 0 Å². The summed E-state index contributed by atoms with van der Waals surface area (Å²) < 4.78 is 30.2. The molecule has 0 radical (unpaired) electrons. The van der Waals surface area contributed by atoms with Crippen LogP contribution in [-0.4, -0.2) is 46.4 Å². The van der Waals surface area contributed by atoms with Crippen LogP contribution in [0.25, 0.3) is 0 Å². The molecule has 0 bridgehead atoms. The van der Waals surface area contributed by atoms with Crippen molar-refractivity contribution in [2.24, 2.45) is 0 Å². The van der Waals surface area contributed by atoms with Crippen molar-refractivity contribution in [1.29, 1.82) is 0 Å². The number of rotatable bonds is 7. The second-order valence-corrected chi connectivity index (χ2v) is 7.86. The minimum atomic E-state index is -3.26. The summed E-state index contributed by atoms with van der Waals surface area (Å²) in [5, 5.41) is 2.85. The minimum absolute atomic E-state index is 0.143. The van der Waals surface area contributed by atoms with E-state index in [4.69, 9.17) is 4.74 Å². The van der Waals surface area contributed by atoms with Gasteiger partial charge in [-0.05, 0) is 50.5 Å². The van der Waals surface area contributed by atoms with Crippen molar-refractivity contribution in [1.82, 2.24) is 5.32 Å². The molecule has 23 heavy (non-hydrogen) atoms. The van der Waals surface area contributed by atoms with Crippen molar-refractivity contribution < 1.29 is 17.9 Å². The van der Waals surface area contributed by atoms with E-state index in [1.165, 1.54) is 10.6 Å². The van der Waals surface area contributed by atoms with E-state index in [1.54, 1.807) is 18.2 Å². The number of anilines is 1. The summed E-state index contributed by atoms with van der Waals surface area (Å²) in [5.74, 6) is -0.143. The summed E-state index contributed by atoms with van der Waals surface area (Å²) in [6, 6.07) is 5.16. The molecule has 2 rings (SSSR count). The van der Waals surface area contributed by atoms with Gasteiger partial charge in [0.2, 0.25) is 10.0 Å². The number of amides is 1. The Bertz CT molecular complexity index is 671.